The number of hydrogen-bond donors (Lipinski definition) is 0. The van der Waals surface area contributed by atoms with Crippen molar-refractivity contribution in [1.82, 2.24) is 0 Å². The highest BCUT2D eigenvalue weighted by Crippen LogP contribution is 2.28. The molecular weight excluding hydrogens is 212 g/mol. The van der Waals surface area contributed by atoms with E-state index in [2.05, 4.69) is 13.8 Å². The number of ether oxygens (including phenoxy) is 2. The van der Waals surface area contributed by atoms with E-state index in [1.165, 1.54) is 38.5 Å². The maximum absolute atomic E-state index is 5.84. The van der Waals surface area contributed by atoms with Gasteiger partial charge in [0, 0.05) is 12.5 Å². The molecule has 2 heteroatoms. The van der Waals surface area contributed by atoms with Crippen LogP contribution in [0, 0.1) is 17.8 Å². The van der Waals surface area contributed by atoms with Gasteiger partial charge in [0.25, 0.3) is 0 Å². The topological polar surface area (TPSA) is 18.5 Å². The lowest BCUT2D eigenvalue weighted by Gasteiger charge is -2.26. The van der Waals surface area contributed by atoms with Crippen LogP contribution < -0.4 is 0 Å². The summed E-state index contributed by atoms with van der Waals surface area (Å²) >= 11 is 0. The summed E-state index contributed by atoms with van der Waals surface area (Å²) in [5.41, 5.74) is 0. The molecule has 0 N–H and O–H groups in total. The van der Waals surface area contributed by atoms with E-state index in [9.17, 15) is 0 Å². The van der Waals surface area contributed by atoms with Crippen molar-refractivity contribution in [1.29, 1.82) is 0 Å². The predicted octanol–water partition coefficient (Wildman–Crippen LogP) is 3.64. The molecule has 1 atom stereocenters. The number of hydrogen-bond acceptors (Lipinski definition) is 2. The Hall–Kier alpha value is -0.0800. The van der Waals surface area contributed by atoms with Gasteiger partial charge in [-0.05, 0) is 37.5 Å². The van der Waals surface area contributed by atoms with Crippen LogP contribution in [0.4, 0.5) is 0 Å². The maximum atomic E-state index is 5.84. The summed E-state index contributed by atoms with van der Waals surface area (Å²) in [4.78, 5) is 0. The van der Waals surface area contributed by atoms with E-state index in [0.29, 0.717) is 12.0 Å². The van der Waals surface area contributed by atoms with Crippen LogP contribution in [0.5, 0.6) is 0 Å². The van der Waals surface area contributed by atoms with E-state index in [1.807, 2.05) is 0 Å². The molecule has 0 bridgehead atoms. The largest absolute Gasteiger partial charge is 0.381 e. The van der Waals surface area contributed by atoms with Crippen molar-refractivity contribution in [2.75, 3.05) is 19.8 Å². The molecule has 17 heavy (non-hydrogen) atoms. The first kappa shape index (κ1) is 13.4. The molecule has 2 aliphatic carbocycles. The summed E-state index contributed by atoms with van der Waals surface area (Å²) in [7, 11) is 0. The van der Waals surface area contributed by atoms with E-state index in [1.54, 1.807) is 0 Å². The molecule has 2 nitrogen and oxygen atoms in total. The van der Waals surface area contributed by atoms with Gasteiger partial charge in [-0.3, -0.25) is 0 Å². The van der Waals surface area contributed by atoms with Crippen LogP contribution >= 0.6 is 0 Å². The van der Waals surface area contributed by atoms with Crippen molar-refractivity contribution in [3.8, 4) is 0 Å². The fourth-order valence-electron chi connectivity index (χ4n) is 2.51. The Morgan fingerprint density at radius 2 is 1.71 bits per heavy atom. The molecule has 0 spiro atoms. The van der Waals surface area contributed by atoms with E-state index < -0.39 is 0 Å². The number of rotatable bonds is 7. The first-order valence-corrected chi connectivity index (χ1v) is 7.43. The summed E-state index contributed by atoms with van der Waals surface area (Å²) in [6.07, 6.45) is 8.66. The smallest absolute Gasteiger partial charge is 0.0577 e. The standard InChI is InChI=1S/C15H28O2/c1-12-3-5-14(6-4-12)11-16-9-13(2)10-17-15-7-8-15/h12-15H,3-11H2,1-2H3. The van der Waals surface area contributed by atoms with Gasteiger partial charge in [-0.2, -0.15) is 0 Å². The zero-order valence-electron chi connectivity index (χ0n) is 11.5. The molecule has 0 aliphatic heterocycles. The molecule has 0 aromatic heterocycles. The third kappa shape index (κ3) is 5.39. The Labute approximate surface area is 106 Å². The maximum Gasteiger partial charge on any atom is 0.0577 e. The van der Waals surface area contributed by atoms with E-state index >= 15 is 0 Å². The van der Waals surface area contributed by atoms with Crippen LogP contribution in [0.25, 0.3) is 0 Å². The van der Waals surface area contributed by atoms with Gasteiger partial charge in [0.05, 0.1) is 19.3 Å². The SMILES string of the molecule is CC1CCC(COCC(C)COC2CC2)CC1. The second-order valence-electron chi connectivity index (χ2n) is 6.30. The van der Waals surface area contributed by atoms with Gasteiger partial charge < -0.3 is 9.47 Å². The van der Waals surface area contributed by atoms with Crippen LogP contribution in [-0.4, -0.2) is 25.9 Å². The van der Waals surface area contributed by atoms with Crippen molar-refractivity contribution in [3.05, 3.63) is 0 Å². The summed E-state index contributed by atoms with van der Waals surface area (Å²) in [5, 5.41) is 0. The van der Waals surface area contributed by atoms with E-state index in [-0.39, 0.29) is 0 Å². The molecule has 0 aromatic carbocycles. The molecule has 0 amide bonds. The second kappa shape index (κ2) is 6.75. The Balaban J connectivity index is 1.46. The molecule has 0 aromatic rings. The molecule has 0 saturated heterocycles. The average Bonchev–Trinajstić information content (AvgIpc) is 3.13. The quantitative estimate of drug-likeness (QED) is 0.676. The van der Waals surface area contributed by atoms with Crippen molar-refractivity contribution in [3.63, 3.8) is 0 Å². The van der Waals surface area contributed by atoms with Gasteiger partial charge in [-0.1, -0.05) is 26.7 Å². The predicted molar refractivity (Wildman–Crippen MR) is 70.1 cm³/mol. The molecule has 2 aliphatic rings. The Morgan fingerprint density at radius 3 is 2.35 bits per heavy atom. The third-order valence-corrected chi connectivity index (χ3v) is 4.03. The van der Waals surface area contributed by atoms with Crippen LogP contribution in [0.15, 0.2) is 0 Å². The first-order valence-electron chi connectivity index (χ1n) is 7.43. The van der Waals surface area contributed by atoms with E-state index in [0.717, 1.165) is 31.7 Å². The van der Waals surface area contributed by atoms with Gasteiger partial charge >= 0.3 is 0 Å². The lowest BCUT2D eigenvalue weighted by molar-refractivity contribution is 0.0208. The molecule has 0 heterocycles. The lowest BCUT2D eigenvalue weighted by Crippen LogP contribution is -2.20. The normalized spacial score (nSPS) is 31.4. The highest BCUT2D eigenvalue weighted by atomic mass is 16.5. The van der Waals surface area contributed by atoms with Gasteiger partial charge in [-0.25, -0.2) is 0 Å². The van der Waals surface area contributed by atoms with Crippen LogP contribution in [0.3, 0.4) is 0 Å². The minimum atomic E-state index is 0.554. The molecule has 2 fully saturated rings. The summed E-state index contributed by atoms with van der Waals surface area (Å²) in [6, 6.07) is 0. The van der Waals surface area contributed by atoms with Crippen LogP contribution in [-0.2, 0) is 9.47 Å². The molecule has 2 rings (SSSR count). The van der Waals surface area contributed by atoms with Gasteiger partial charge in [0.2, 0.25) is 0 Å². The van der Waals surface area contributed by atoms with Crippen LogP contribution in [0.1, 0.15) is 52.4 Å². The fourth-order valence-corrected chi connectivity index (χ4v) is 2.51. The van der Waals surface area contributed by atoms with Gasteiger partial charge in [0.1, 0.15) is 0 Å². The molecule has 2 saturated carbocycles. The van der Waals surface area contributed by atoms with Gasteiger partial charge in [-0.15, -0.1) is 0 Å². The van der Waals surface area contributed by atoms with Gasteiger partial charge in [0.15, 0.2) is 0 Å². The van der Waals surface area contributed by atoms with Crippen molar-refractivity contribution < 1.29 is 9.47 Å². The van der Waals surface area contributed by atoms with E-state index in [4.69, 9.17) is 9.47 Å². The molecule has 1 unspecified atom stereocenters. The zero-order valence-corrected chi connectivity index (χ0v) is 11.5. The lowest BCUT2D eigenvalue weighted by atomic mass is 9.83. The minimum Gasteiger partial charge on any atom is -0.381 e. The minimum absolute atomic E-state index is 0.554. The Bertz CT molecular complexity index is 205. The highest BCUT2D eigenvalue weighted by Gasteiger charge is 2.23. The second-order valence-corrected chi connectivity index (χ2v) is 6.30. The Morgan fingerprint density at radius 1 is 1.00 bits per heavy atom. The summed E-state index contributed by atoms with van der Waals surface area (Å²) < 4.78 is 11.5. The monoisotopic (exact) mass is 240 g/mol. The molecular formula is C15H28O2. The zero-order chi connectivity index (χ0) is 12.1. The highest BCUT2D eigenvalue weighted by molar-refractivity contribution is 4.73. The fraction of sp³-hybridized carbons (Fsp3) is 1.00. The van der Waals surface area contributed by atoms with Crippen molar-refractivity contribution in [2.45, 2.75) is 58.5 Å². The molecule has 100 valence electrons. The summed E-state index contributed by atoms with van der Waals surface area (Å²) in [5.74, 6) is 2.32. The first-order chi connectivity index (χ1) is 8.24. The molecule has 0 radical (unpaired) electrons. The third-order valence-electron chi connectivity index (χ3n) is 4.03. The van der Waals surface area contributed by atoms with Crippen LogP contribution in [0.2, 0.25) is 0 Å². The average molecular weight is 240 g/mol. The Kier molecular flexibility index (Phi) is 5.30. The van der Waals surface area contributed by atoms with Crippen molar-refractivity contribution >= 4 is 0 Å². The summed E-state index contributed by atoms with van der Waals surface area (Å²) in [6.45, 7) is 7.32. The van der Waals surface area contributed by atoms with Crippen molar-refractivity contribution in [2.24, 2.45) is 17.8 Å².